The highest BCUT2D eigenvalue weighted by molar-refractivity contribution is 7.81. The average Bonchev–Trinajstić information content (AvgIpc) is 1.60. The first kappa shape index (κ1) is 9.59. The van der Waals surface area contributed by atoms with Gasteiger partial charge < -0.3 is 0 Å². The summed E-state index contributed by atoms with van der Waals surface area (Å²) in [7, 11) is -5.57. The number of alkyl halides is 3. The van der Waals surface area contributed by atoms with Crippen molar-refractivity contribution in [3.8, 4) is 0 Å². The van der Waals surface area contributed by atoms with Gasteiger partial charge in [0.15, 0.2) is 0 Å². The second kappa shape index (κ2) is 2.68. The molecule has 0 aliphatic heterocycles. The molecule has 0 rings (SSSR count). The molecule has 0 N–H and O–H groups in total. The van der Waals surface area contributed by atoms with E-state index in [-0.39, 0.29) is 0 Å². The van der Waals surface area contributed by atoms with Gasteiger partial charge in [0.25, 0.3) is 0 Å². The largest absolute Gasteiger partial charge is 0.538 e. The Kier molecular flexibility index (Phi) is 2.57. The average molecular weight is 184 g/mol. The molecule has 10 heavy (non-hydrogen) atoms. The van der Waals surface area contributed by atoms with E-state index in [0.717, 1.165) is 0 Å². The zero-order valence-electron chi connectivity index (χ0n) is 4.05. The van der Waals surface area contributed by atoms with Gasteiger partial charge in [-0.15, -0.1) is 17.4 Å². The zero-order chi connectivity index (χ0) is 8.41. The molecule has 0 radical (unpaired) electrons. The van der Waals surface area contributed by atoms with Crippen molar-refractivity contribution < 1.29 is 34.7 Å². The molecule has 0 aliphatic rings. The molecule has 9 heteroatoms. The Balaban J connectivity index is 4.18. The Hall–Kier alpha value is -0.410. The summed E-state index contributed by atoms with van der Waals surface area (Å²) in [4.78, 5) is 0. The molecular formula is CF4O4S. The predicted molar refractivity (Wildman–Crippen MR) is 18.3 cm³/mol. The maximum Gasteiger partial charge on any atom is 0.538 e. The first-order chi connectivity index (χ1) is 4.27. The van der Waals surface area contributed by atoms with Gasteiger partial charge in [-0.3, -0.25) is 0 Å². The Bertz CT molecular complexity index is 190. The maximum absolute atomic E-state index is 10.9. The number of rotatable bonds is 2. The topological polar surface area (TPSA) is 52.6 Å². The molecular weight excluding hydrogens is 184 g/mol. The van der Waals surface area contributed by atoms with Crippen LogP contribution in [0.5, 0.6) is 0 Å². The molecule has 0 saturated carbocycles. The first-order valence-corrected chi connectivity index (χ1v) is 2.93. The monoisotopic (exact) mass is 184 g/mol. The van der Waals surface area contributed by atoms with Crippen molar-refractivity contribution in [2.75, 3.05) is 0 Å². The molecule has 0 aromatic rings. The van der Waals surface area contributed by atoms with E-state index in [1.54, 1.807) is 0 Å². The van der Waals surface area contributed by atoms with E-state index in [0.29, 0.717) is 0 Å². The third-order valence-electron chi connectivity index (χ3n) is 0.274. The van der Waals surface area contributed by atoms with E-state index in [1.807, 2.05) is 4.39 Å². The molecule has 0 aliphatic carbocycles. The fourth-order valence-electron chi connectivity index (χ4n) is 0.129. The SMILES string of the molecule is O=S(=O)(OF)OC(F)(F)F. The Morgan fingerprint density at radius 3 is 1.70 bits per heavy atom. The van der Waals surface area contributed by atoms with Crippen molar-refractivity contribution in [1.82, 2.24) is 0 Å². The van der Waals surface area contributed by atoms with E-state index in [9.17, 15) is 26.1 Å². The van der Waals surface area contributed by atoms with Gasteiger partial charge in [-0.25, -0.2) is 0 Å². The van der Waals surface area contributed by atoms with E-state index in [2.05, 4.69) is 4.18 Å². The lowest BCUT2D eigenvalue weighted by Gasteiger charge is -2.01. The highest BCUT2D eigenvalue weighted by Crippen LogP contribution is 2.19. The summed E-state index contributed by atoms with van der Waals surface area (Å²) >= 11 is 0. The summed E-state index contributed by atoms with van der Waals surface area (Å²) in [6.45, 7) is 0. The van der Waals surface area contributed by atoms with Gasteiger partial charge in [-0.05, 0) is 8.91 Å². The van der Waals surface area contributed by atoms with Gasteiger partial charge in [-0.2, -0.15) is 8.42 Å². The van der Waals surface area contributed by atoms with Crippen molar-refractivity contribution in [3.05, 3.63) is 0 Å². The quantitative estimate of drug-likeness (QED) is 0.591. The van der Waals surface area contributed by atoms with Crippen LogP contribution in [0.3, 0.4) is 0 Å². The van der Waals surface area contributed by atoms with Crippen LogP contribution in [-0.2, 0) is 19.0 Å². The zero-order valence-corrected chi connectivity index (χ0v) is 4.87. The summed E-state index contributed by atoms with van der Waals surface area (Å²) in [5, 5.41) is 0. The molecule has 0 saturated heterocycles. The number of hydrogen-bond acceptors (Lipinski definition) is 4. The molecule has 4 nitrogen and oxygen atoms in total. The van der Waals surface area contributed by atoms with Crippen LogP contribution in [0.4, 0.5) is 17.7 Å². The predicted octanol–water partition coefficient (Wildman–Crippen LogP) is 0.669. The van der Waals surface area contributed by atoms with Crippen LogP contribution in [0, 0.1) is 0 Å². The Morgan fingerprint density at radius 1 is 1.20 bits per heavy atom. The molecule has 0 heterocycles. The fraction of sp³-hybridized carbons (Fsp3) is 1.00. The van der Waals surface area contributed by atoms with E-state index < -0.39 is 16.8 Å². The van der Waals surface area contributed by atoms with Crippen molar-refractivity contribution in [1.29, 1.82) is 0 Å². The summed E-state index contributed by atoms with van der Waals surface area (Å²) in [5.74, 6) is 0. The molecule has 0 amide bonds. The van der Waals surface area contributed by atoms with Crippen LogP contribution in [0.15, 0.2) is 0 Å². The third-order valence-corrected chi connectivity index (χ3v) is 0.821. The Labute approximate surface area is 52.6 Å². The Morgan fingerprint density at radius 2 is 1.60 bits per heavy atom. The van der Waals surface area contributed by atoms with Gasteiger partial charge >= 0.3 is 16.8 Å². The van der Waals surface area contributed by atoms with E-state index >= 15 is 0 Å². The van der Waals surface area contributed by atoms with Gasteiger partial charge in [-0.1, -0.05) is 0 Å². The second-order valence-electron chi connectivity index (χ2n) is 1.00. The molecule has 0 bridgehead atoms. The second-order valence-corrected chi connectivity index (χ2v) is 2.11. The minimum absolute atomic E-state index is 1.84. The summed E-state index contributed by atoms with van der Waals surface area (Å²) in [6.07, 6.45) is -5.47. The van der Waals surface area contributed by atoms with Crippen molar-refractivity contribution in [2.24, 2.45) is 0 Å². The molecule has 0 aromatic carbocycles. The smallest absolute Gasteiger partial charge is 0.166 e. The number of halogens is 4. The summed E-state index contributed by atoms with van der Waals surface area (Å²) < 4.78 is 66.2. The van der Waals surface area contributed by atoms with Crippen LogP contribution >= 0.6 is 0 Å². The summed E-state index contributed by atoms with van der Waals surface area (Å²) in [6, 6.07) is 0. The lowest BCUT2D eigenvalue weighted by molar-refractivity contribution is -0.279. The van der Waals surface area contributed by atoms with Crippen LogP contribution in [0.2, 0.25) is 0 Å². The van der Waals surface area contributed by atoms with Crippen LogP contribution in [-0.4, -0.2) is 14.8 Å². The van der Waals surface area contributed by atoms with Crippen LogP contribution < -0.4 is 0 Å². The van der Waals surface area contributed by atoms with Gasteiger partial charge in [0, 0.05) is 0 Å². The molecule has 0 atom stereocenters. The number of hydrogen-bond donors (Lipinski definition) is 0. The molecule has 0 fully saturated rings. The van der Waals surface area contributed by atoms with Gasteiger partial charge in [0.05, 0.1) is 0 Å². The van der Waals surface area contributed by atoms with E-state index in [4.69, 9.17) is 0 Å². The lowest BCUT2D eigenvalue weighted by Crippen LogP contribution is -2.19. The van der Waals surface area contributed by atoms with Crippen molar-refractivity contribution in [2.45, 2.75) is 6.36 Å². The molecule has 0 aromatic heterocycles. The third kappa shape index (κ3) is 4.47. The van der Waals surface area contributed by atoms with E-state index in [1.165, 1.54) is 0 Å². The van der Waals surface area contributed by atoms with Crippen molar-refractivity contribution >= 4 is 10.4 Å². The normalized spacial score (nSPS) is 13.6. The highest BCUT2D eigenvalue weighted by Gasteiger charge is 2.38. The van der Waals surface area contributed by atoms with Crippen molar-refractivity contribution in [3.63, 3.8) is 0 Å². The molecule has 0 unspecified atom stereocenters. The maximum atomic E-state index is 10.9. The standard InChI is InChI=1S/CF4O4S/c2-1(3,4)8-10(6,7)9-5. The van der Waals surface area contributed by atoms with Crippen LogP contribution in [0.25, 0.3) is 0 Å². The minimum atomic E-state index is -5.57. The van der Waals surface area contributed by atoms with Crippen LogP contribution in [0.1, 0.15) is 0 Å². The minimum Gasteiger partial charge on any atom is -0.166 e. The first-order valence-electron chi connectivity index (χ1n) is 1.59. The van der Waals surface area contributed by atoms with Gasteiger partial charge in [0.2, 0.25) is 0 Å². The van der Waals surface area contributed by atoms with Gasteiger partial charge in [0.1, 0.15) is 0 Å². The fourth-order valence-corrected chi connectivity index (χ4v) is 0.386. The summed E-state index contributed by atoms with van der Waals surface area (Å²) in [5.41, 5.74) is 0. The molecule has 0 spiro atoms. The lowest BCUT2D eigenvalue weighted by atomic mass is 11.4. The molecule has 62 valence electrons. The highest BCUT2D eigenvalue weighted by atomic mass is 32.3.